The Kier molecular flexibility index (Phi) is 4.51. The van der Waals surface area contributed by atoms with Crippen LogP contribution in [0.5, 0.6) is 0 Å². The number of aromatic nitrogens is 3. The SMILES string of the molecule is COC(=O)[C@@H](Cc1ccc(F)cc1)Sc1ncn[nH]1. The standard InChI is InChI=1S/C12H12FN3O2S/c1-18-11(17)10(19-12-14-7-15-16-12)6-8-2-4-9(13)5-3-8/h2-5,7,10H,6H2,1H3,(H,14,15,16)/t10-/m1/s1. The molecule has 100 valence electrons. The molecule has 1 N–H and O–H groups in total. The fraction of sp³-hybridized carbons (Fsp3) is 0.250. The molecule has 1 aromatic carbocycles. The summed E-state index contributed by atoms with van der Waals surface area (Å²) in [5.41, 5.74) is 0.851. The maximum atomic E-state index is 12.8. The minimum absolute atomic E-state index is 0.304. The van der Waals surface area contributed by atoms with Gasteiger partial charge in [0.2, 0.25) is 0 Å². The van der Waals surface area contributed by atoms with Gasteiger partial charge in [0.1, 0.15) is 17.4 Å². The number of benzene rings is 1. The molecule has 5 nitrogen and oxygen atoms in total. The monoisotopic (exact) mass is 281 g/mol. The third kappa shape index (κ3) is 3.78. The lowest BCUT2D eigenvalue weighted by atomic mass is 10.1. The zero-order chi connectivity index (χ0) is 13.7. The molecular formula is C12H12FN3O2S. The molecule has 19 heavy (non-hydrogen) atoms. The lowest BCUT2D eigenvalue weighted by Gasteiger charge is -2.12. The van der Waals surface area contributed by atoms with Gasteiger partial charge in [-0.05, 0) is 24.1 Å². The lowest BCUT2D eigenvalue weighted by molar-refractivity contribution is -0.139. The first-order valence-corrected chi connectivity index (χ1v) is 6.41. The zero-order valence-corrected chi connectivity index (χ0v) is 11.0. The van der Waals surface area contributed by atoms with Crippen molar-refractivity contribution in [2.45, 2.75) is 16.8 Å². The van der Waals surface area contributed by atoms with E-state index in [1.807, 2.05) is 0 Å². The van der Waals surface area contributed by atoms with Crippen LogP contribution in [0, 0.1) is 5.82 Å². The Balaban J connectivity index is 2.09. The van der Waals surface area contributed by atoms with E-state index in [0.717, 1.165) is 5.56 Å². The molecule has 0 fully saturated rings. The van der Waals surface area contributed by atoms with Gasteiger partial charge in [0.05, 0.1) is 7.11 Å². The molecule has 0 unspecified atom stereocenters. The van der Waals surface area contributed by atoms with Crippen molar-refractivity contribution in [2.75, 3.05) is 7.11 Å². The maximum Gasteiger partial charge on any atom is 0.319 e. The molecular weight excluding hydrogens is 269 g/mol. The van der Waals surface area contributed by atoms with Crippen LogP contribution in [-0.4, -0.2) is 33.5 Å². The fourth-order valence-electron chi connectivity index (χ4n) is 1.52. The summed E-state index contributed by atoms with van der Waals surface area (Å²) in [4.78, 5) is 15.7. The van der Waals surface area contributed by atoms with Crippen molar-refractivity contribution in [1.29, 1.82) is 0 Å². The number of halogens is 1. The number of methoxy groups -OCH3 is 1. The highest BCUT2D eigenvalue weighted by molar-refractivity contribution is 8.00. The van der Waals surface area contributed by atoms with E-state index in [1.54, 1.807) is 12.1 Å². The quantitative estimate of drug-likeness (QED) is 0.669. The first kappa shape index (κ1) is 13.5. The minimum Gasteiger partial charge on any atom is -0.468 e. The van der Waals surface area contributed by atoms with Crippen molar-refractivity contribution in [1.82, 2.24) is 15.2 Å². The van der Waals surface area contributed by atoms with Gasteiger partial charge in [0.15, 0.2) is 5.16 Å². The Labute approximate surface area is 113 Å². The predicted octanol–water partition coefficient (Wildman–Crippen LogP) is 1.82. The molecule has 0 saturated carbocycles. The van der Waals surface area contributed by atoms with Crippen LogP contribution in [0.25, 0.3) is 0 Å². The second kappa shape index (κ2) is 6.33. The molecule has 0 amide bonds. The van der Waals surface area contributed by atoms with Crippen molar-refractivity contribution in [3.8, 4) is 0 Å². The molecule has 0 bridgehead atoms. The smallest absolute Gasteiger partial charge is 0.319 e. The van der Waals surface area contributed by atoms with Crippen molar-refractivity contribution >= 4 is 17.7 Å². The second-order valence-corrected chi connectivity index (χ2v) is 4.94. The average Bonchev–Trinajstić information content (AvgIpc) is 2.92. The van der Waals surface area contributed by atoms with E-state index in [1.165, 1.54) is 37.3 Å². The van der Waals surface area contributed by atoms with E-state index in [0.29, 0.717) is 11.6 Å². The summed E-state index contributed by atoms with van der Waals surface area (Å²) >= 11 is 1.23. The fourth-order valence-corrected chi connectivity index (χ4v) is 2.48. The number of hydrogen-bond donors (Lipinski definition) is 1. The number of nitrogens with zero attached hydrogens (tertiary/aromatic N) is 2. The number of ether oxygens (including phenoxy) is 1. The highest BCUT2D eigenvalue weighted by Crippen LogP contribution is 2.23. The largest absolute Gasteiger partial charge is 0.468 e. The van der Waals surface area contributed by atoms with Crippen LogP contribution in [-0.2, 0) is 16.0 Å². The summed E-state index contributed by atoms with van der Waals surface area (Å²) in [6, 6.07) is 6.02. The molecule has 0 spiro atoms. The third-order valence-electron chi connectivity index (χ3n) is 2.45. The molecule has 2 aromatic rings. The molecule has 0 aliphatic heterocycles. The first-order valence-electron chi connectivity index (χ1n) is 5.53. The van der Waals surface area contributed by atoms with E-state index in [-0.39, 0.29) is 11.8 Å². The van der Waals surface area contributed by atoms with Gasteiger partial charge in [-0.1, -0.05) is 23.9 Å². The summed E-state index contributed by atoms with van der Waals surface area (Å²) in [6.45, 7) is 0. The van der Waals surface area contributed by atoms with Gasteiger partial charge in [-0.15, -0.1) is 0 Å². The molecule has 0 radical (unpaired) electrons. The van der Waals surface area contributed by atoms with E-state index in [4.69, 9.17) is 4.74 Å². The predicted molar refractivity (Wildman–Crippen MR) is 68.1 cm³/mol. The highest BCUT2D eigenvalue weighted by Gasteiger charge is 2.22. The number of thioether (sulfide) groups is 1. The van der Waals surface area contributed by atoms with Crippen LogP contribution >= 0.6 is 11.8 Å². The number of carbonyl (C=O) groups is 1. The summed E-state index contributed by atoms with van der Waals surface area (Å²) in [5.74, 6) is -0.660. The Morgan fingerprint density at radius 3 is 2.79 bits per heavy atom. The molecule has 0 saturated heterocycles. The van der Waals surface area contributed by atoms with Gasteiger partial charge in [0.25, 0.3) is 0 Å². The first-order chi connectivity index (χ1) is 9.19. The Hall–Kier alpha value is -1.89. The molecule has 7 heteroatoms. The second-order valence-electron chi connectivity index (χ2n) is 3.75. The normalized spacial score (nSPS) is 12.1. The van der Waals surface area contributed by atoms with Crippen LogP contribution in [0.15, 0.2) is 35.7 Å². The van der Waals surface area contributed by atoms with E-state index in [2.05, 4.69) is 15.2 Å². The number of H-pyrrole nitrogens is 1. The maximum absolute atomic E-state index is 12.8. The van der Waals surface area contributed by atoms with E-state index in [9.17, 15) is 9.18 Å². The van der Waals surface area contributed by atoms with Gasteiger partial charge in [-0.3, -0.25) is 9.89 Å². The van der Waals surface area contributed by atoms with E-state index < -0.39 is 5.25 Å². The Morgan fingerprint density at radius 1 is 1.47 bits per heavy atom. The molecule has 0 aliphatic rings. The number of hydrogen-bond acceptors (Lipinski definition) is 5. The summed E-state index contributed by atoms with van der Waals surface area (Å²) in [6.07, 6.45) is 1.80. The average molecular weight is 281 g/mol. The Morgan fingerprint density at radius 2 is 2.21 bits per heavy atom. The van der Waals surface area contributed by atoms with Crippen LogP contribution in [0.3, 0.4) is 0 Å². The highest BCUT2D eigenvalue weighted by atomic mass is 32.2. The van der Waals surface area contributed by atoms with Crippen LogP contribution in [0.4, 0.5) is 4.39 Å². The molecule has 2 rings (SSSR count). The van der Waals surface area contributed by atoms with E-state index >= 15 is 0 Å². The van der Waals surface area contributed by atoms with Gasteiger partial charge in [0, 0.05) is 0 Å². The lowest BCUT2D eigenvalue weighted by Crippen LogP contribution is -2.21. The molecule has 1 atom stereocenters. The number of carbonyl (C=O) groups excluding carboxylic acids is 1. The number of aromatic amines is 1. The number of rotatable bonds is 5. The van der Waals surface area contributed by atoms with Gasteiger partial charge in [-0.25, -0.2) is 9.37 Å². The summed E-state index contributed by atoms with van der Waals surface area (Å²) < 4.78 is 17.6. The third-order valence-corrected chi connectivity index (χ3v) is 3.51. The van der Waals surface area contributed by atoms with Crippen molar-refractivity contribution in [2.24, 2.45) is 0 Å². The van der Waals surface area contributed by atoms with Gasteiger partial charge >= 0.3 is 5.97 Å². The summed E-state index contributed by atoms with van der Waals surface area (Å²) in [5, 5.41) is 6.48. The number of nitrogens with one attached hydrogen (secondary N) is 1. The van der Waals surface area contributed by atoms with Crippen molar-refractivity contribution in [3.05, 3.63) is 42.0 Å². The van der Waals surface area contributed by atoms with Crippen LogP contribution in [0.2, 0.25) is 0 Å². The van der Waals surface area contributed by atoms with Crippen LogP contribution < -0.4 is 0 Å². The molecule has 1 aromatic heterocycles. The summed E-state index contributed by atoms with van der Waals surface area (Å²) in [7, 11) is 1.33. The minimum atomic E-state index is -0.455. The van der Waals surface area contributed by atoms with Gasteiger partial charge < -0.3 is 4.74 Å². The number of esters is 1. The van der Waals surface area contributed by atoms with Crippen molar-refractivity contribution in [3.63, 3.8) is 0 Å². The van der Waals surface area contributed by atoms with Crippen molar-refractivity contribution < 1.29 is 13.9 Å². The van der Waals surface area contributed by atoms with Gasteiger partial charge in [-0.2, -0.15) is 5.10 Å². The zero-order valence-electron chi connectivity index (χ0n) is 10.2. The molecule has 0 aliphatic carbocycles. The topological polar surface area (TPSA) is 67.9 Å². The van der Waals surface area contributed by atoms with Crippen LogP contribution in [0.1, 0.15) is 5.56 Å². The molecule has 1 heterocycles. The Bertz CT molecular complexity index is 530.